The number of carbonyl (C=O) groups excluding carboxylic acids is 1. The van der Waals surface area contributed by atoms with Gasteiger partial charge in [-0.3, -0.25) is 10.1 Å². The molecule has 0 aliphatic heterocycles. The Kier molecular flexibility index (Phi) is 14.1. The summed E-state index contributed by atoms with van der Waals surface area (Å²) in [6.07, 6.45) is 10.6. The van der Waals surface area contributed by atoms with Crippen LogP contribution in [0.4, 0.5) is 0 Å². The van der Waals surface area contributed by atoms with Crippen molar-refractivity contribution in [2.24, 2.45) is 0 Å². The van der Waals surface area contributed by atoms with Gasteiger partial charge >= 0.3 is 5.97 Å². The van der Waals surface area contributed by atoms with Gasteiger partial charge in [-0.25, -0.2) is 9.68 Å². The topological polar surface area (TPSA) is 104 Å². The minimum absolute atomic E-state index is 0.190. The van der Waals surface area contributed by atoms with Crippen LogP contribution in [0.1, 0.15) is 64.7 Å². The molecular formula is C18H30O6. The molecule has 2 unspecified atom stereocenters. The van der Waals surface area contributed by atoms with Gasteiger partial charge in [0.1, 0.15) is 6.10 Å². The van der Waals surface area contributed by atoms with Crippen molar-refractivity contribution in [3.8, 4) is 0 Å². The lowest BCUT2D eigenvalue weighted by Gasteiger charge is -2.14. The SMILES string of the molecule is CCCCCC(O)C(=O)CCC(CCCC=CC=CC(=O)O)OO. The van der Waals surface area contributed by atoms with Crippen LogP contribution in [-0.2, 0) is 14.5 Å². The Balaban J connectivity index is 3.89. The summed E-state index contributed by atoms with van der Waals surface area (Å²) in [5, 5.41) is 27.1. The molecule has 0 aliphatic rings. The number of Topliss-reactive ketones (excluding diaryl/α,β-unsaturated/α-hetero) is 1. The first-order valence-corrected chi connectivity index (χ1v) is 8.58. The summed E-state index contributed by atoms with van der Waals surface area (Å²) < 4.78 is 0. The van der Waals surface area contributed by atoms with Gasteiger partial charge in [-0.15, -0.1) is 0 Å². The lowest BCUT2D eigenvalue weighted by Crippen LogP contribution is -2.22. The van der Waals surface area contributed by atoms with Crippen LogP contribution in [0.2, 0.25) is 0 Å². The van der Waals surface area contributed by atoms with Gasteiger partial charge in [-0.2, -0.15) is 0 Å². The van der Waals surface area contributed by atoms with Gasteiger partial charge in [-0.05, 0) is 32.1 Å². The van der Waals surface area contributed by atoms with Crippen LogP contribution in [0.25, 0.3) is 0 Å². The fourth-order valence-electron chi connectivity index (χ4n) is 2.24. The van der Waals surface area contributed by atoms with Crippen molar-refractivity contribution in [2.45, 2.75) is 76.9 Å². The first-order valence-electron chi connectivity index (χ1n) is 8.58. The Labute approximate surface area is 143 Å². The van der Waals surface area contributed by atoms with Crippen LogP contribution >= 0.6 is 0 Å². The van der Waals surface area contributed by atoms with Crippen molar-refractivity contribution in [2.75, 3.05) is 0 Å². The van der Waals surface area contributed by atoms with Gasteiger partial charge in [0, 0.05) is 12.5 Å². The van der Waals surface area contributed by atoms with Crippen LogP contribution in [-0.4, -0.2) is 39.4 Å². The predicted octanol–water partition coefficient (Wildman–Crippen LogP) is 3.50. The summed E-state index contributed by atoms with van der Waals surface area (Å²) in [6, 6.07) is 0. The third-order valence-electron chi connectivity index (χ3n) is 3.70. The molecular weight excluding hydrogens is 312 g/mol. The molecule has 0 spiro atoms. The van der Waals surface area contributed by atoms with E-state index in [1.165, 1.54) is 6.08 Å². The smallest absolute Gasteiger partial charge is 0.328 e. The maximum absolute atomic E-state index is 11.8. The zero-order chi connectivity index (χ0) is 18.2. The summed E-state index contributed by atoms with van der Waals surface area (Å²) in [5.41, 5.74) is 0. The Hall–Kier alpha value is -1.50. The molecule has 0 aromatic heterocycles. The van der Waals surface area contributed by atoms with Crippen LogP contribution in [0.15, 0.2) is 24.3 Å². The van der Waals surface area contributed by atoms with E-state index in [4.69, 9.17) is 10.4 Å². The van der Waals surface area contributed by atoms with Crippen LogP contribution in [0, 0.1) is 0 Å². The molecule has 0 aliphatic carbocycles. The van der Waals surface area contributed by atoms with Crippen molar-refractivity contribution in [3.05, 3.63) is 24.3 Å². The zero-order valence-electron chi connectivity index (χ0n) is 14.4. The number of carbonyl (C=O) groups is 2. The quantitative estimate of drug-likeness (QED) is 0.138. The fraction of sp³-hybridized carbons (Fsp3) is 0.667. The molecule has 0 aromatic carbocycles. The Morgan fingerprint density at radius 1 is 1.08 bits per heavy atom. The number of aliphatic carboxylic acids is 1. The third kappa shape index (κ3) is 13.0. The van der Waals surface area contributed by atoms with Gasteiger partial charge in [-0.1, -0.05) is 44.4 Å². The second-order valence-electron chi connectivity index (χ2n) is 5.80. The maximum atomic E-state index is 11.8. The van der Waals surface area contributed by atoms with E-state index in [9.17, 15) is 14.7 Å². The number of ketones is 1. The van der Waals surface area contributed by atoms with E-state index >= 15 is 0 Å². The molecule has 0 fully saturated rings. The van der Waals surface area contributed by atoms with E-state index in [2.05, 4.69) is 11.8 Å². The van der Waals surface area contributed by atoms with E-state index in [0.29, 0.717) is 19.3 Å². The second kappa shape index (κ2) is 15.1. The Bertz CT molecular complexity index is 402. The zero-order valence-corrected chi connectivity index (χ0v) is 14.4. The van der Waals surface area contributed by atoms with Gasteiger partial charge < -0.3 is 10.2 Å². The number of unbranched alkanes of at least 4 members (excludes halogenated alkanes) is 3. The van der Waals surface area contributed by atoms with Gasteiger partial charge in [0.25, 0.3) is 0 Å². The molecule has 0 amide bonds. The lowest BCUT2D eigenvalue weighted by atomic mass is 10.0. The van der Waals surface area contributed by atoms with E-state index in [1.807, 2.05) is 6.08 Å². The summed E-state index contributed by atoms with van der Waals surface area (Å²) in [6.45, 7) is 2.06. The third-order valence-corrected chi connectivity index (χ3v) is 3.70. The molecule has 6 heteroatoms. The predicted molar refractivity (Wildman–Crippen MR) is 91.7 cm³/mol. The normalized spacial score (nSPS) is 14.3. The van der Waals surface area contributed by atoms with Gasteiger partial charge in [0.15, 0.2) is 5.78 Å². The average molecular weight is 342 g/mol. The summed E-state index contributed by atoms with van der Waals surface area (Å²) in [4.78, 5) is 26.4. The Morgan fingerprint density at radius 3 is 2.46 bits per heavy atom. The first kappa shape index (κ1) is 22.5. The summed E-state index contributed by atoms with van der Waals surface area (Å²) in [7, 11) is 0. The van der Waals surface area contributed by atoms with Gasteiger partial charge in [0.05, 0.1) is 6.10 Å². The fourth-order valence-corrected chi connectivity index (χ4v) is 2.24. The number of rotatable bonds is 15. The van der Waals surface area contributed by atoms with Gasteiger partial charge in [0.2, 0.25) is 0 Å². The number of allylic oxidation sites excluding steroid dienone is 3. The molecule has 0 saturated heterocycles. The lowest BCUT2D eigenvalue weighted by molar-refractivity contribution is -0.281. The number of hydrogen-bond acceptors (Lipinski definition) is 5. The van der Waals surface area contributed by atoms with Crippen LogP contribution in [0.5, 0.6) is 0 Å². The summed E-state index contributed by atoms with van der Waals surface area (Å²) in [5.74, 6) is -1.19. The van der Waals surface area contributed by atoms with E-state index in [0.717, 1.165) is 38.2 Å². The molecule has 138 valence electrons. The standard InChI is InChI=1S/C18H30O6/c1-2-3-7-11-16(19)17(20)14-13-15(24-23)10-8-5-4-6-9-12-18(21)22/h4,6,9,12,15-16,19,23H,2-3,5,7-8,10-11,13-14H2,1H3,(H,21,22). The van der Waals surface area contributed by atoms with Crippen LogP contribution < -0.4 is 0 Å². The largest absolute Gasteiger partial charge is 0.478 e. The molecule has 6 nitrogen and oxygen atoms in total. The highest BCUT2D eigenvalue weighted by Gasteiger charge is 2.17. The maximum Gasteiger partial charge on any atom is 0.328 e. The average Bonchev–Trinajstić information content (AvgIpc) is 2.56. The first-order chi connectivity index (χ1) is 11.5. The molecule has 2 atom stereocenters. The van der Waals surface area contributed by atoms with Crippen molar-refractivity contribution in [1.82, 2.24) is 0 Å². The molecule has 0 saturated carbocycles. The molecule has 0 rings (SSSR count). The number of carboxylic acids is 1. The second-order valence-corrected chi connectivity index (χ2v) is 5.80. The van der Waals surface area contributed by atoms with Crippen molar-refractivity contribution in [3.63, 3.8) is 0 Å². The minimum atomic E-state index is -0.991. The van der Waals surface area contributed by atoms with E-state index in [1.54, 1.807) is 6.08 Å². The number of aliphatic hydroxyl groups is 1. The van der Waals surface area contributed by atoms with Crippen LogP contribution in [0.3, 0.4) is 0 Å². The molecule has 0 aromatic rings. The van der Waals surface area contributed by atoms with E-state index < -0.39 is 18.2 Å². The minimum Gasteiger partial charge on any atom is -0.478 e. The molecule has 0 bridgehead atoms. The summed E-state index contributed by atoms with van der Waals surface area (Å²) >= 11 is 0. The highest BCUT2D eigenvalue weighted by atomic mass is 17.1. The molecule has 0 radical (unpaired) electrons. The number of aliphatic hydroxyl groups excluding tert-OH is 1. The van der Waals surface area contributed by atoms with Crippen molar-refractivity contribution >= 4 is 11.8 Å². The monoisotopic (exact) mass is 342 g/mol. The number of carboxylic acid groups (broad SMARTS) is 1. The molecule has 3 N–H and O–H groups in total. The van der Waals surface area contributed by atoms with Crippen molar-refractivity contribution in [1.29, 1.82) is 0 Å². The Morgan fingerprint density at radius 2 is 1.83 bits per heavy atom. The highest BCUT2D eigenvalue weighted by Crippen LogP contribution is 2.13. The number of hydrogen-bond donors (Lipinski definition) is 3. The molecule has 24 heavy (non-hydrogen) atoms. The van der Waals surface area contributed by atoms with E-state index in [-0.39, 0.29) is 12.2 Å². The van der Waals surface area contributed by atoms with Crippen molar-refractivity contribution < 1.29 is 29.9 Å². The molecule has 0 heterocycles. The highest BCUT2D eigenvalue weighted by molar-refractivity contribution is 5.82.